The predicted octanol–water partition coefficient (Wildman–Crippen LogP) is 3.65. The number of ether oxygens (including phenoxy) is 1. The topological polar surface area (TPSA) is 96.0 Å². The van der Waals surface area contributed by atoms with Crippen molar-refractivity contribution in [2.24, 2.45) is 5.92 Å². The summed E-state index contributed by atoms with van der Waals surface area (Å²) in [6.07, 6.45) is 1.12. The average Bonchev–Trinajstić information content (AvgIpc) is 2.86. The summed E-state index contributed by atoms with van der Waals surface area (Å²) in [6, 6.07) is 11.6. The minimum atomic E-state index is -3.66. The van der Waals surface area contributed by atoms with Gasteiger partial charge in [-0.2, -0.15) is 0 Å². The van der Waals surface area contributed by atoms with Gasteiger partial charge in [0, 0.05) is 26.2 Å². The van der Waals surface area contributed by atoms with Gasteiger partial charge in [0.25, 0.3) is 5.91 Å². The smallest absolute Gasteiger partial charge is 0.256 e. The standard InChI is InChI=1S/C24H27Cl2N3O5S/c25-20-8-7-17(14-21(20)26)16-35(32,33)29-9-3-4-18(15-29)23(30)27-22-6-2-1-5-19(22)24(31)28-10-12-34-13-11-28/h1-2,5-8,14,18H,3-4,9-13,15-16H2,(H,27,30)/t18-/m0/s1. The molecule has 2 fully saturated rings. The molecular weight excluding hydrogens is 513 g/mol. The van der Waals surface area contributed by atoms with Crippen molar-refractivity contribution >= 4 is 50.7 Å². The Morgan fingerprint density at radius 3 is 2.51 bits per heavy atom. The van der Waals surface area contributed by atoms with Gasteiger partial charge in [-0.05, 0) is 42.7 Å². The summed E-state index contributed by atoms with van der Waals surface area (Å²) in [5, 5.41) is 3.51. The maximum Gasteiger partial charge on any atom is 0.256 e. The summed E-state index contributed by atoms with van der Waals surface area (Å²) in [5.74, 6) is -1.23. The van der Waals surface area contributed by atoms with Gasteiger partial charge < -0.3 is 15.0 Å². The molecule has 1 atom stereocenters. The van der Waals surface area contributed by atoms with Gasteiger partial charge in [0.2, 0.25) is 15.9 Å². The number of para-hydroxylation sites is 1. The second-order valence-electron chi connectivity index (χ2n) is 8.64. The first-order valence-corrected chi connectivity index (χ1v) is 13.8. The number of piperidine rings is 1. The number of benzene rings is 2. The first kappa shape index (κ1) is 25.9. The number of nitrogens with one attached hydrogen (secondary N) is 1. The normalized spacial score (nSPS) is 19.4. The van der Waals surface area contributed by atoms with E-state index in [9.17, 15) is 18.0 Å². The van der Waals surface area contributed by atoms with Gasteiger partial charge in [-0.25, -0.2) is 12.7 Å². The summed E-state index contributed by atoms with van der Waals surface area (Å²) >= 11 is 12.0. The average molecular weight is 540 g/mol. The third kappa shape index (κ3) is 6.34. The Morgan fingerprint density at radius 1 is 1.03 bits per heavy atom. The number of halogens is 2. The molecule has 35 heavy (non-hydrogen) atoms. The van der Waals surface area contributed by atoms with Crippen LogP contribution in [0.25, 0.3) is 0 Å². The minimum Gasteiger partial charge on any atom is -0.378 e. The highest BCUT2D eigenvalue weighted by molar-refractivity contribution is 7.88. The summed E-state index contributed by atoms with van der Waals surface area (Å²) in [6.45, 7) is 2.38. The number of amides is 2. The molecule has 2 aromatic carbocycles. The van der Waals surface area contributed by atoms with Crippen LogP contribution in [0.15, 0.2) is 42.5 Å². The molecule has 2 saturated heterocycles. The largest absolute Gasteiger partial charge is 0.378 e. The molecule has 1 N–H and O–H groups in total. The van der Waals surface area contributed by atoms with Crippen LogP contribution >= 0.6 is 23.2 Å². The van der Waals surface area contributed by atoms with E-state index in [4.69, 9.17) is 27.9 Å². The molecule has 0 spiro atoms. The molecule has 188 valence electrons. The fourth-order valence-corrected chi connectivity index (χ4v) is 6.21. The highest BCUT2D eigenvalue weighted by Gasteiger charge is 2.33. The Labute approximate surface area is 215 Å². The number of nitrogens with zero attached hydrogens (tertiary/aromatic N) is 2. The van der Waals surface area contributed by atoms with E-state index in [0.717, 1.165) is 0 Å². The fourth-order valence-electron chi connectivity index (χ4n) is 4.29. The molecule has 2 aliphatic rings. The molecule has 2 aliphatic heterocycles. The van der Waals surface area contributed by atoms with Gasteiger partial charge >= 0.3 is 0 Å². The predicted molar refractivity (Wildman–Crippen MR) is 135 cm³/mol. The highest BCUT2D eigenvalue weighted by Crippen LogP contribution is 2.27. The third-order valence-corrected chi connectivity index (χ3v) is 8.75. The van der Waals surface area contributed by atoms with Crippen LogP contribution in [0.2, 0.25) is 10.0 Å². The second-order valence-corrected chi connectivity index (χ2v) is 11.4. The Hall–Kier alpha value is -2.17. The lowest BCUT2D eigenvalue weighted by Crippen LogP contribution is -2.44. The van der Waals surface area contributed by atoms with Crippen molar-refractivity contribution in [1.29, 1.82) is 0 Å². The van der Waals surface area contributed by atoms with Crippen LogP contribution in [0.3, 0.4) is 0 Å². The summed E-state index contributed by atoms with van der Waals surface area (Å²) < 4.78 is 32.8. The number of carbonyl (C=O) groups is 2. The summed E-state index contributed by atoms with van der Waals surface area (Å²) in [4.78, 5) is 27.8. The Balaban J connectivity index is 1.43. The van der Waals surface area contributed by atoms with Crippen molar-refractivity contribution in [2.45, 2.75) is 18.6 Å². The number of hydrogen-bond donors (Lipinski definition) is 1. The van der Waals surface area contributed by atoms with E-state index in [1.807, 2.05) is 0 Å². The van der Waals surface area contributed by atoms with E-state index >= 15 is 0 Å². The zero-order valence-electron chi connectivity index (χ0n) is 19.1. The molecular formula is C24H27Cl2N3O5S. The molecule has 11 heteroatoms. The van der Waals surface area contributed by atoms with Gasteiger partial charge in [-0.15, -0.1) is 0 Å². The van der Waals surface area contributed by atoms with Gasteiger partial charge in [0.05, 0.1) is 46.2 Å². The monoisotopic (exact) mass is 539 g/mol. The van der Waals surface area contributed by atoms with Crippen LogP contribution in [-0.2, 0) is 25.3 Å². The first-order valence-electron chi connectivity index (χ1n) is 11.4. The highest BCUT2D eigenvalue weighted by atomic mass is 35.5. The molecule has 2 aromatic rings. The number of morpholine rings is 1. The fraction of sp³-hybridized carbons (Fsp3) is 0.417. The van der Waals surface area contributed by atoms with Crippen molar-refractivity contribution < 1.29 is 22.7 Å². The summed E-state index contributed by atoms with van der Waals surface area (Å²) in [5.41, 5.74) is 1.36. The van der Waals surface area contributed by atoms with E-state index < -0.39 is 15.9 Å². The summed E-state index contributed by atoms with van der Waals surface area (Å²) in [7, 11) is -3.66. The Kier molecular flexibility index (Phi) is 8.34. The van der Waals surface area contributed by atoms with Crippen LogP contribution in [0.1, 0.15) is 28.8 Å². The molecule has 0 radical (unpaired) electrons. The number of rotatable bonds is 6. The number of sulfonamides is 1. The molecule has 0 aromatic heterocycles. The molecule has 0 unspecified atom stereocenters. The molecule has 0 aliphatic carbocycles. The van der Waals surface area contributed by atoms with Crippen molar-refractivity contribution in [2.75, 3.05) is 44.7 Å². The van der Waals surface area contributed by atoms with E-state index in [0.29, 0.717) is 72.5 Å². The Bertz CT molecular complexity index is 1200. The first-order chi connectivity index (χ1) is 16.7. The Morgan fingerprint density at radius 2 is 1.77 bits per heavy atom. The third-order valence-electron chi connectivity index (χ3n) is 6.20. The minimum absolute atomic E-state index is 0.0784. The number of anilines is 1. The SMILES string of the molecule is O=C(Nc1ccccc1C(=O)N1CCOCC1)[C@H]1CCCN(S(=O)(=O)Cc2ccc(Cl)c(Cl)c2)C1. The maximum atomic E-state index is 13.1. The van der Waals surface area contributed by atoms with E-state index in [2.05, 4.69) is 5.32 Å². The van der Waals surface area contributed by atoms with Crippen molar-refractivity contribution in [1.82, 2.24) is 9.21 Å². The molecule has 2 amide bonds. The van der Waals surface area contributed by atoms with E-state index in [1.165, 1.54) is 10.4 Å². The lowest BCUT2D eigenvalue weighted by atomic mass is 9.98. The van der Waals surface area contributed by atoms with Crippen LogP contribution in [0.4, 0.5) is 5.69 Å². The molecule has 8 nitrogen and oxygen atoms in total. The van der Waals surface area contributed by atoms with Gasteiger partial charge in [-0.1, -0.05) is 41.4 Å². The van der Waals surface area contributed by atoms with Crippen LogP contribution in [-0.4, -0.2) is 68.8 Å². The second kappa shape index (κ2) is 11.3. The lowest BCUT2D eigenvalue weighted by molar-refractivity contribution is -0.120. The zero-order chi connectivity index (χ0) is 25.0. The van der Waals surface area contributed by atoms with Gasteiger partial charge in [-0.3, -0.25) is 9.59 Å². The van der Waals surface area contributed by atoms with Crippen molar-refractivity contribution in [3.63, 3.8) is 0 Å². The van der Waals surface area contributed by atoms with E-state index in [1.54, 1.807) is 41.3 Å². The maximum absolute atomic E-state index is 13.1. The molecule has 0 saturated carbocycles. The zero-order valence-corrected chi connectivity index (χ0v) is 21.4. The molecule has 0 bridgehead atoms. The van der Waals surface area contributed by atoms with Crippen LogP contribution in [0, 0.1) is 5.92 Å². The number of carbonyl (C=O) groups excluding carboxylic acids is 2. The van der Waals surface area contributed by atoms with Crippen LogP contribution < -0.4 is 5.32 Å². The van der Waals surface area contributed by atoms with Gasteiger partial charge in [0.15, 0.2) is 0 Å². The van der Waals surface area contributed by atoms with Gasteiger partial charge in [0.1, 0.15) is 0 Å². The van der Waals surface area contributed by atoms with E-state index in [-0.39, 0.29) is 24.1 Å². The quantitative estimate of drug-likeness (QED) is 0.604. The van der Waals surface area contributed by atoms with Crippen molar-refractivity contribution in [3.8, 4) is 0 Å². The molecule has 2 heterocycles. The number of hydrogen-bond acceptors (Lipinski definition) is 5. The van der Waals surface area contributed by atoms with Crippen LogP contribution in [0.5, 0.6) is 0 Å². The lowest BCUT2D eigenvalue weighted by Gasteiger charge is -2.31. The molecule has 4 rings (SSSR count). The van der Waals surface area contributed by atoms with Crippen molar-refractivity contribution in [3.05, 3.63) is 63.6 Å².